The molecule has 0 fully saturated rings. The Bertz CT molecular complexity index is 2390. The third-order valence-electron chi connectivity index (χ3n) is 9.27. The maximum atomic E-state index is 5.01. The highest BCUT2D eigenvalue weighted by molar-refractivity contribution is 5.84. The molecule has 5 nitrogen and oxygen atoms in total. The number of imidazole rings is 1. The summed E-state index contributed by atoms with van der Waals surface area (Å²) in [6.07, 6.45) is 3.72. The van der Waals surface area contributed by atoms with Crippen LogP contribution in [0.2, 0.25) is 0 Å². The van der Waals surface area contributed by atoms with Gasteiger partial charge in [-0.15, -0.1) is 0 Å². The van der Waals surface area contributed by atoms with Crippen LogP contribution in [0.25, 0.3) is 50.6 Å². The van der Waals surface area contributed by atoms with Gasteiger partial charge in [0.2, 0.25) is 0 Å². The lowest BCUT2D eigenvalue weighted by Gasteiger charge is -2.29. The zero-order valence-corrected chi connectivity index (χ0v) is 28.7. The summed E-state index contributed by atoms with van der Waals surface area (Å²) in [6.45, 7) is 8.64. The molecule has 0 atom stereocenters. The molecule has 0 saturated heterocycles. The molecule has 0 unspecified atom stereocenters. The first kappa shape index (κ1) is 31.0. The molecular formula is C45H37N5. The van der Waals surface area contributed by atoms with E-state index < -0.39 is 0 Å². The first-order valence-electron chi connectivity index (χ1n) is 16.9. The van der Waals surface area contributed by atoms with Gasteiger partial charge in [-0.1, -0.05) is 102 Å². The summed E-state index contributed by atoms with van der Waals surface area (Å²) in [5, 5.41) is 0. The highest BCUT2D eigenvalue weighted by Gasteiger charge is 2.18. The molecule has 0 aliphatic carbocycles. The van der Waals surface area contributed by atoms with Crippen LogP contribution in [0, 0.1) is 27.7 Å². The van der Waals surface area contributed by atoms with Gasteiger partial charge >= 0.3 is 0 Å². The second-order valence-electron chi connectivity index (χ2n) is 12.9. The van der Waals surface area contributed by atoms with Gasteiger partial charge in [0.1, 0.15) is 5.82 Å². The van der Waals surface area contributed by atoms with Gasteiger partial charge in [-0.25, -0.2) is 4.98 Å². The fourth-order valence-electron chi connectivity index (χ4n) is 6.78. The number of hydrogen-bond acceptors (Lipinski definition) is 4. The number of aryl methyl sites for hydroxylation is 4. The third-order valence-corrected chi connectivity index (χ3v) is 9.27. The normalized spacial score (nSPS) is 11.2. The number of anilines is 3. The SMILES string of the molecule is Cc1ccc(N(c2ccc(-c3cnc(-c4ccc(-c5nc6ccccc6n5-c5ccccc5)cc4)cn3)cc2)c2ccc(C)cc2C)c(C)c1. The standard InChI is InChI=1S/C45H37N5/c1-30-14-24-42(32(3)26-30)49(43-25-15-31(2)27-33(43)4)38-22-20-35(21-23-38)41-29-46-40(28-47-41)34-16-18-36(19-17-34)45-48-39-12-8-9-13-44(39)50(45)37-10-6-5-7-11-37/h5-29H,1-4H3. The van der Waals surface area contributed by atoms with Gasteiger partial charge in [0, 0.05) is 39.4 Å². The van der Waals surface area contributed by atoms with E-state index in [1.807, 2.05) is 24.5 Å². The van der Waals surface area contributed by atoms with E-state index in [0.29, 0.717) is 0 Å². The minimum atomic E-state index is 0.823. The number of para-hydroxylation sites is 3. The zero-order chi connectivity index (χ0) is 34.2. The van der Waals surface area contributed by atoms with Crippen molar-refractivity contribution in [2.45, 2.75) is 27.7 Å². The maximum absolute atomic E-state index is 5.01. The van der Waals surface area contributed by atoms with Crippen molar-refractivity contribution in [2.24, 2.45) is 0 Å². The van der Waals surface area contributed by atoms with Crippen LogP contribution in [0.4, 0.5) is 17.1 Å². The van der Waals surface area contributed by atoms with Crippen LogP contribution in [0.5, 0.6) is 0 Å². The summed E-state index contributed by atoms with van der Waals surface area (Å²) in [6, 6.07) is 48.9. The van der Waals surface area contributed by atoms with E-state index in [2.05, 4.69) is 165 Å². The molecule has 0 aliphatic heterocycles. The van der Waals surface area contributed by atoms with Crippen molar-refractivity contribution in [3.8, 4) is 39.6 Å². The van der Waals surface area contributed by atoms with E-state index >= 15 is 0 Å². The van der Waals surface area contributed by atoms with Crippen molar-refractivity contribution >= 4 is 28.1 Å². The van der Waals surface area contributed by atoms with Gasteiger partial charge < -0.3 is 4.90 Å². The summed E-state index contributed by atoms with van der Waals surface area (Å²) >= 11 is 0. The van der Waals surface area contributed by atoms with Crippen LogP contribution < -0.4 is 4.90 Å². The van der Waals surface area contributed by atoms with Gasteiger partial charge in [0.15, 0.2) is 0 Å². The molecule has 0 aliphatic rings. The lowest BCUT2D eigenvalue weighted by molar-refractivity contribution is 1.10. The summed E-state index contributed by atoms with van der Waals surface area (Å²) < 4.78 is 2.22. The second-order valence-corrected chi connectivity index (χ2v) is 12.9. The molecule has 242 valence electrons. The van der Waals surface area contributed by atoms with E-state index in [4.69, 9.17) is 15.0 Å². The lowest BCUT2D eigenvalue weighted by Crippen LogP contribution is -2.13. The Labute approximate surface area is 293 Å². The van der Waals surface area contributed by atoms with Crippen molar-refractivity contribution < 1.29 is 0 Å². The van der Waals surface area contributed by atoms with Gasteiger partial charge in [0.25, 0.3) is 0 Å². The average molecular weight is 648 g/mol. The van der Waals surface area contributed by atoms with Crippen molar-refractivity contribution in [1.82, 2.24) is 19.5 Å². The molecule has 0 N–H and O–H groups in total. The zero-order valence-electron chi connectivity index (χ0n) is 28.7. The van der Waals surface area contributed by atoms with Crippen LogP contribution in [0.3, 0.4) is 0 Å². The monoisotopic (exact) mass is 647 g/mol. The van der Waals surface area contributed by atoms with Crippen molar-refractivity contribution in [2.75, 3.05) is 4.90 Å². The Hall–Kier alpha value is -6.33. The third kappa shape index (κ3) is 5.84. The summed E-state index contributed by atoms with van der Waals surface area (Å²) in [4.78, 5) is 17.0. The Morgan fingerprint density at radius 1 is 0.500 bits per heavy atom. The molecule has 0 amide bonds. The second kappa shape index (κ2) is 12.9. The number of aromatic nitrogens is 4. The molecule has 0 spiro atoms. The smallest absolute Gasteiger partial charge is 0.145 e. The molecule has 8 aromatic rings. The molecule has 0 saturated carbocycles. The molecule has 2 aromatic heterocycles. The van der Waals surface area contributed by atoms with Crippen LogP contribution in [0.15, 0.2) is 152 Å². The minimum Gasteiger partial charge on any atom is -0.310 e. The van der Waals surface area contributed by atoms with Crippen LogP contribution in [0.1, 0.15) is 22.3 Å². The van der Waals surface area contributed by atoms with Crippen molar-refractivity contribution in [3.63, 3.8) is 0 Å². The van der Waals surface area contributed by atoms with Crippen LogP contribution in [-0.4, -0.2) is 19.5 Å². The first-order chi connectivity index (χ1) is 24.4. The first-order valence-corrected chi connectivity index (χ1v) is 16.9. The summed E-state index contributed by atoms with van der Waals surface area (Å²) in [7, 11) is 0. The molecular weight excluding hydrogens is 611 g/mol. The van der Waals surface area contributed by atoms with Crippen molar-refractivity contribution in [1.29, 1.82) is 0 Å². The summed E-state index contributed by atoms with van der Waals surface area (Å²) in [5.74, 6) is 0.905. The van der Waals surface area contributed by atoms with E-state index in [-0.39, 0.29) is 0 Å². The van der Waals surface area contributed by atoms with E-state index in [1.54, 1.807) is 0 Å². The Morgan fingerprint density at radius 2 is 1.02 bits per heavy atom. The fourth-order valence-corrected chi connectivity index (χ4v) is 6.78. The topological polar surface area (TPSA) is 46.8 Å². The van der Waals surface area contributed by atoms with Gasteiger partial charge in [-0.2, -0.15) is 0 Å². The molecule has 0 bridgehead atoms. The van der Waals surface area contributed by atoms with Gasteiger partial charge in [0.05, 0.1) is 34.8 Å². The molecule has 6 aromatic carbocycles. The van der Waals surface area contributed by atoms with E-state index in [9.17, 15) is 0 Å². The number of fused-ring (bicyclic) bond motifs is 1. The Kier molecular flexibility index (Phi) is 8.01. The molecule has 5 heteroatoms. The fraction of sp³-hybridized carbons (Fsp3) is 0.0889. The Balaban J connectivity index is 1.07. The lowest BCUT2D eigenvalue weighted by atomic mass is 10.0. The van der Waals surface area contributed by atoms with Gasteiger partial charge in [-0.05, 0) is 87.4 Å². The average Bonchev–Trinajstić information content (AvgIpc) is 3.54. The quantitative estimate of drug-likeness (QED) is 0.173. The largest absolute Gasteiger partial charge is 0.310 e. The van der Waals surface area contributed by atoms with E-state index in [1.165, 1.54) is 33.6 Å². The molecule has 50 heavy (non-hydrogen) atoms. The minimum absolute atomic E-state index is 0.823. The molecule has 8 rings (SSSR count). The van der Waals surface area contributed by atoms with Crippen LogP contribution >= 0.6 is 0 Å². The summed E-state index contributed by atoms with van der Waals surface area (Å²) in [5.41, 5.74) is 16.2. The number of hydrogen-bond donors (Lipinski definition) is 0. The predicted octanol–water partition coefficient (Wildman–Crippen LogP) is 11.5. The van der Waals surface area contributed by atoms with Crippen LogP contribution in [-0.2, 0) is 0 Å². The number of nitrogens with zero attached hydrogens (tertiary/aromatic N) is 5. The molecule has 0 radical (unpaired) electrons. The van der Waals surface area contributed by atoms with Crippen molar-refractivity contribution in [3.05, 3.63) is 174 Å². The van der Waals surface area contributed by atoms with E-state index in [0.717, 1.165) is 56.3 Å². The highest BCUT2D eigenvalue weighted by atomic mass is 15.1. The molecule has 2 heterocycles. The predicted molar refractivity (Wildman–Crippen MR) is 207 cm³/mol. The number of rotatable bonds is 7. The number of benzene rings is 6. The van der Waals surface area contributed by atoms with Gasteiger partial charge in [-0.3, -0.25) is 14.5 Å². The Morgan fingerprint density at radius 3 is 1.58 bits per heavy atom. The highest BCUT2D eigenvalue weighted by Crippen LogP contribution is 2.39. The maximum Gasteiger partial charge on any atom is 0.145 e.